The van der Waals surface area contributed by atoms with E-state index in [0.29, 0.717) is 10.6 Å². The summed E-state index contributed by atoms with van der Waals surface area (Å²) in [4.78, 5) is 3.98. The summed E-state index contributed by atoms with van der Waals surface area (Å²) in [5.74, 6) is 0. The Labute approximate surface area is 99.5 Å². The third kappa shape index (κ3) is 2.23. The molecule has 3 heteroatoms. The lowest BCUT2D eigenvalue weighted by atomic mass is 10.0. The molecule has 1 N–H and O–H groups in total. The average molecular weight is 234 g/mol. The van der Waals surface area contributed by atoms with Crippen LogP contribution in [-0.2, 0) is 0 Å². The molecular weight excluding hydrogens is 222 g/mol. The molecule has 2 aromatic rings. The van der Waals surface area contributed by atoms with E-state index < -0.39 is 6.10 Å². The van der Waals surface area contributed by atoms with E-state index in [0.717, 1.165) is 11.1 Å². The van der Waals surface area contributed by atoms with Gasteiger partial charge in [-0.3, -0.25) is 4.98 Å². The number of nitrogens with zero attached hydrogens (tertiary/aromatic N) is 1. The molecule has 1 aromatic heterocycles. The molecule has 16 heavy (non-hydrogen) atoms. The van der Waals surface area contributed by atoms with Crippen LogP contribution in [0.4, 0.5) is 0 Å². The Hall–Kier alpha value is -1.38. The van der Waals surface area contributed by atoms with Crippen molar-refractivity contribution >= 4 is 11.6 Å². The number of benzene rings is 1. The fourth-order valence-electron chi connectivity index (χ4n) is 1.57. The quantitative estimate of drug-likeness (QED) is 0.865. The second-order valence-electron chi connectivity index (χ2n) is 3.71. The summed E-state index contributed by atoms with van der Waals surface area (Å²) in [6.45, 7) is 1.96. The summed E-state index contributed by atoms with van der Waals surface area (Å²) in [6.07, 6.45) is 2.59. The van der Waals surface area contributed by atoms with Crippen molar-refractivity contribution < 1.29 is 5.11 Å². The maximum absolute atomic E-state index is 10.1. The molecule has 1 unspecified atom stereocenters. The number of aliphatic hydroxyl groups excluding tert-OH is 1. The highest BCUT2D eigenvalue weighted by molar-refractivity contribution is 6.31. The molecule has 0 fully saturated rings. The molecule has 2 rings (SSSR count). The summed E-state index contributed by atoms with van der Waals surface area (Å²) in [6, 6.07) is 9.24. The fourth-order valence-corrected chi connectivity index (χ4v) is 1.91. The Morgan fingerprint density at radius 1 is 1.31 bits per heavy atom. The SMILES string of the molecule is Cc1ccc(C(O)c2cccnc2)c(Cl)c1. The molecule has 0 radical (unpaired) electrons. The molecule has 0 amide bonds. The summed E-state index contributed by atoms with van der Waals surface area (Å²) in [7, 11) is 0. The molecule has 0 aliphatic rings. The van der Waals surface area contributed by atoms with Crippen molar-refractivity contribution in [2.45, 2.75) is 13.0 Å². The summed E-state index contributed by atoms with van der Waals surface area (Å²) in [5.41, 5.74) is 2.53. The molecule has 1 atom stereocenters. The van der Waals surface area contributed by atoms with Gasteiger partial charge in [0, 0.05) is 28.5 Å². The van der Waals surface area contributed by atoms with Crippen LogP contribution in [0.1, 0.15) is 22.8 Å². The van der Waals surface area contributed by atoms with Crippen molar-refractivity contribution in [2.75, 3.05) is 0 Å². The lowest BCUT2D eigenvalue weighted by Crippen LogP contribution is -2.00. The third-order valence-electron chi connectivity index (χ3n) is 2.45. The number of hydrogen-bond acceptors (Lipinski definition) is 2. The van der Waals surface area contributed by atoms with E-state index in [1.54, 1.807) is 18.5 Å². The van der Waals surface area contributed by atoms with Gasteiger partial charge in [0.25, 0.3) is 0 Å². The van der Waals surface area contributed by atoms with Crippen LogP contribution in [0, 0.1) is 6.92 Å². The molecule has 1 heterocycles. The second kappa shape index (κ2) is 4.64. The van der Waals surface area contributed by atoms with Crippen molar-refractivity contribution in [3.63, 3.8) is 0 Å². The zero-order valence-electron chi connectivity index (χ0n) is 8.89. The van der Waals surface area contributed by atoms with Crippen molar-refractivity contribution in [2.24, 2.45) is 0 Å². The van der Waals surface area contributed by atoms with Gasteiger partial charge in [-0.25, -0.2) is 0 Å². The van der Waals surface area contributed by atoms with E-state index in [-0.39, 0.29) is 0 Å². The van der Waals surface area contributed by atoms with Gasteiger partial charge in [-0.05, 0) is 24.6 Å². The monoisotopic (exact) mass is 233 g/mol. The molecule has 1 aromatic carbocycles. The van der Waals surface area contributed by atoms with Gasteiger partial charge >= 0.3 is 0 Å². The highest BCUT2D eigenvalue weighted by Crippen LogP contribution is 2.28. The topological polar surface area (TPSA) is 33.1 Å². The largest absolute Gasteiger partial charge is 0.384 e. The van der Waals surface area contributed by atoms with Gasteiger partial charge in [0.05, 0.1) is 0 Å². The maximum atomic E-state index is 10.1. The van der Waals surface area contributed by atoms with Gasteiger partial charge in [-0.1, -0.05) is 29.8 Å². The van der Waals surface area contributed by atoms with Crippen molar-refractivity contribution in [3.8, 4) is 0 Å². The van der Waals surface area contributed by atoms with Crippen LogP contribution in [-0.4, -0.2) is 10.1 Å². The molecule has 0 saturated heterocycles. The van der Waals surface area contributed by atoms with Gasteiger partial charge in [-0.15, -0.1) is 0 Å². The van der Waals surface area contributed by atoms with Gasteiger partial charge in [0.2, 0.25) is 0 Å². The van der Waals surface area contributed by atoms with Gasteiger partial charge < -0.3 is 5.11 Å². The van der Waals surface area contributed by atoms with Crippen LogP contribution in [0.5, 0.6) is 0 Å². The Morgan fingerprint density at radius 3 is 2.75 bits per heavy atom. The van der Waals surface area contributed by atoms with Gasteiger partial charge in [-0.2, -0.15) is 0 Å². The predicted octanol–water partition coefficient (Wildman–Crippen LogP) is 3.13. The van der Waals surface area contributed by atoms with Crippen LogP contribution in [0.2, 0.25) is 5.02 Å². The molecule has 0 aliphatic carbocycles. The number of pyridine rings is 1. The number of aryl methyl sites for hydroxylation is 1. The van der Waals surface area contributed by atoms with Crippen molar-refractivity contribution in [1.29, 1.82) is 0 Å². The Morgan fingerprint density at radius 2 is 2.12 bits per heavy atom. The first kappa shape index (κ1) is 11.1. The molecule has 0 spiro atoms. The zero-order valence-corrected chi connectivity index (χ0v) is 9.65. The van der Waals surface area contributed by atoms with E-state index in [1.807, 2.05) is 31.2 Å². The molecule has 0 saturated carbocycles. The number of halogens is 1. The minimum absolute atomic E-state index is 0.580. The Bertz CT molecular complexity index is 485. The average Bonchev–Trinajstić information content (AvgIpc) is 2.29. The highest BCUT2D eigenvalue weighted by atomic mass is 35.5. The smallest absolute Gasteiger partial charge is 0.107 e. The highest BCUT2D eigenvalue weighted by Gasteiger charge is 2.13. The minimum atomic E-state index is -0.721. The first-order valence-corrected chi connectivity index (χ1v) is 5.40. The fraction of sp³-hybridized carbons (Fsp3) is 0.154. The van der Waals surface area contributed by atoms with Crippen molar-refractivity contribution in [1.82, 2.24) is 4.98 Å². The lowest BCUT2D eigenvalue weighted by molar-refractivity contribution is 0.220. The second-order valence-corrected chi connectivity index (χ2v) is 4.12. The zero-order chi connectivity index (χ0) is 11.5. The van der Waals surface area contributed by atoms with Crippen LogP contribution in [0.3, 0.4) is 0 Å². The van der Waals surface area contributed by atoms with E-state index in [1.165, 1.54) is 0 Å². The first-order chi connectivity index (χ1) is 7.68. The predicted molar refractivity (Wildman–Crippen MR) is 64.5 cm³/mol. The summed E-state index contributed by atoms with van der Waals surface area (Å²) < 4.78 is 0. The molecule has 0 bridgehead atoms. The summed E-state index contributed by atoms with van der Waals surface area (Å²) in [5, 5.41) is 10.7. The standard InChI is InChI=1S/C13H12ClNO/c1-9-4-5-11(12(14)7-9)13(16)10-3-2-6-15-8-10/h2-8,13,16H,1H3. The number of hydrogen-bond donors (Lipinski definition) is 1. The Kier molecular flexibility index (Phi) is 3.22. The van der Waals surface area contributed by atoms with Crippen LogP contribution < -0.4 is 0 Å². The number of rotatable bonds is 2. The third-order valence-corrected chi connectivity index (χ3v) is 2.78. The van der Waals surface area contributed by atoms with E-state index in [9.17, 15) is 5.11 Å². The van der Waals surface area contributed by atoms with E-state index in [2.05, 4.69) is 4.98 Å². The lowest BCUT2D eigenvalue weighted by Gasteiger charge is -2.12. The van der Waals surface area contributed by atoms with Crippen LogP contribution in [0.15, 0.2) is 42.7 Å². The van der Waals surface area contributed by atoms with Crippen LogP contribution >= 0.6 is 11.6 Å². The molecular formula is C13H12ClNO. The van der Waals surface area contributed by atoms with E-state index in [4.69, 9.17) is 11.6 Å². The number of aromatic nitrogens is 1. The molecule has 82 valence electrons. The maximum Gasteiger partial charge on any atom is 0.107 e. The van der Waals surface area contributed by atoms with Gasteiger partial charge in [0.1, 0.15) is 6.10 Å². The molecule has 0 aliphatic heterocycles. The normalized spacial score (nSPS) is 12.4. The van der Waals surface area contributed by atoms with Crippen molar-refractivity contribution in [3.05, 3.63) is 64.4 Å². The van der Waals surface area contributed by atoms with E-state index >= 15 is 0 Å². The van der Waals surface area contributed by atoms with Gasteiger partial charge in [0.15, 0.2) is 0 Å². The first-order valence-electron chi connectivity index (χ1n) is 5.02. The Balaban J connectivity index is 2.38. The summed E-state index contributed by atoms with van der Waals surface area (Å²) >= 11 is 6.09. The number of aliphatic hydroxyl groups is 1. The van der Waals surface area contributed by atoms with Crippen LogP contribution in [0.25, 0.3) is 0 Å². The molecule has 2 nitrogen and oxygen atoms in total. The minimum Gasteiger partial charge on any atom is -0.384 e.